The normalized spacial score (nSPS) is 27.7. The SMILES string of the molecule is C=CCOC(=O)N1CC[C@@H](N2CCC(Br)C2=O)C1. The lowest BCUT2D eigenvalue weighted by molar-refractivity contribution is -0.128. The summed E-state index contributed by atoms with van der Waals surface area (Å²) >= 11 is 3.36. The highest BCUT2D eigenvalue weighted by Gasteiger charge is 2.38. The van der Waals surface area contributed by atoms with Crippen molar-refractivity contribution in [2.24, 2.45) is 0 Å². The predicted molar refractivity (Wildman–Crippen MR) is 70.6 cm³/mol. The van der Waals surface area contributed by atoms with E-state index in [1.54, 1.807) is 11.0 Å². The molecule has 18 heavy (non-hydrogen) atoms. The van der Waals surface area contributed by atoms with Crippen molar-refractivity contribution in [1.82, 2.24) is 9.80 Å². The van der Waals surface area contributed by atoms with Crippen LogP contribution in [0.1, 0.15) is 12.8 Å². The summed E-state index contributed by atoms with van der Waals surface area (Å²) in [5.41, 5.74) is 0. The maximum Gasteiger partial charge on any atom is 0.410 e. The van der Waals surface area contributed by atoms with Crippen LogP contribution in [0.5, 0.6) is 0 Å². The lowest BCUT2D eigenvalue weighted by Crippen LogP contribution is -2.40. The standard InChI is InChI=1S/C12H17BrN2O3/c1-2-7-18-12(17)14-5-3-9(8-14)15-6-4-10(13)11(15)16/h2,9-10H,1,3-8H2/t9-,10?/m1/s1. The first-order chi connectivity index (χ1) is 8.63. The number of rotatable bonds is 3. The minimum Gasteiger partial charge on any atom is -0.445 e. The van der Waals surface area contributed by atoms with Crippen LogP contribution in [0.4, 0.5) is 4.79 Å². The Morgan fingerprint density at radius 2 is 2.28 bits per heavy atom. The van der Waals surface area contributed by atoms with Crippen molar-refractivity contribution in [1.29, 1.82) is 0 Å². The summed E-state index contributed by atoms with van der Waals surface area (Å²) in [6.45, 7) is 5.72. The Hall–Kier alpha value is -1.04. The van der Waals surface area contributed by atoms with E-state index in [9.17, 15) is 9.59 Å². The first kappa shape index (κ1) is 13.4. The van der Waals surface area contributed by atoms with Gasteiger partial charge in [0, 0.05) is 19.6 Å². The summed E-state index contributed by atoms with van der Waals surface area (Å²) < 4.78 is 4.99. The van der Waals surface area contributed by atoms with Crippen molar-refractivity contribution in [2.75, 3.05) is 26.2 Å². The van der Waals surface area contributed by atoms with Crippen molar-refractivity contribution in [3.05, 3.63) is 12.7 Å². The van der Waals surface area contributed by atoms with E-state index in [0.29, 0.717) is 13.1 Å². The van der Waals surface area contributed by atoms with Crippen molar-refractivity contribution in [3.63, 3.8) is 0 Å². The van der Waals surface area contributed by atoms with Gasteiger partial charge in [-0.05, 0) is 12.8 Å². The second-order valence-electron chi connectivity index (χ2n) is 4.54. The van der Waals surface area contributed by atoms with Crippen LogP contribution in [-0.2, 0) is 9.53 Å². The molecule has 2 saturated heterocycles. The summed E-state index contributed by atoms with van der Waals surface area (Å²) in [7, 11) is 0. The first-order valence-corrected chi connectivity index (χ1v) is 7.02. The van der Waals surface area contributed by atoms with Crippen molar-refractivity contribution in [3.8, 4) is 0 Å². The van der Waals surface area contributed by atoms with Gasteiger partial charge in [-0.15, -0.1) is 0 Å². The molecular weight excluding hydrogens is 300 g/mol. The summed E-state index contributed by atoms with van der Waals surface area (Å²) in [5, 5.41) is 0. The molecule has 0 spiro atoms. The van der Waals surface area contributed by atoms with E-state index < -0.39 is 0 Å². The fraction of sp³-hybridized carbons (Fsp3) is 0.667. The molecule has 0 aromatic rings. The Morgan fingerprint density at radius 1 is 1.50 bits per heavy atom. The second kappa shape index (κ2) is 5.73. The Kier molecular flexibility index (Phi) is 4.27. The molecule has 100 valence electrons. The molecule has 2 atom stereocenters. The largest absolute Gasteiger partial charge is 0.445 e. The van der Waals surface area contributed by atoms with Crippen LogP contribution >= 0.6 is 15.9 Å². The summed E-state index contributed by atoms with van der Waals surface area (Å²) in [5.74, 6) is 0.140. The molecule has 0 saturated carbocycles. The van der Waals surface area contributed by atoms with Crippen LogP contribution in [-0.4, -0.2) is 58.9 Å². The number of ether oxygens (including phenoxy) is 1. The Morgan fingerprint density at radius 3 is 2.89 bits per heavy atom. The molecule has 0 N–H and O–H groups in total. The molecule has 6 heteroatoms. The molecule has 0 aliphatic carbocycles. The number of carbonyl (C=O) groups excluding carboxylic acids is 2. The van der Waals surface area contributed by atoms with Gasteiger partial charge in [0.1, 0.15) is 6.61 Å². The van der Waals surface area contributed by atoms with E-state index >= 15 is 0 Å². The molecule has 0 radical (unpaired) electrons. The Labute approximate surface area is 115 Å². The molecule has 2 rings (SSSR count). The fourth-order valence-electron chi connectivity index (χ4n) is 2.41. The van der Waals surface area contributed by atoms with Gasteiger partial charge in [0.2, 0.25) is 5.91 Å². The molecule has 1 unspecified atom stereocenters. The van der Waals surface area contributed by atoms with Crippen LogP contribution in [0.15, 0.2) is 12.7 Å². The average molecular weight is 317 g/mol. The number of nitrogens with zero attached hydrogens (tertiary/aromatic N) is 2. The molecule has 2 aliphatic rings. The molecular formula is C12H17BrN2O3. The number of hydrogen-bond donors (Lipinski definition) is 0. The highest BCUT2D eigenvalue weighted by Crippen LogP contribution is 2.25. The lowest BCUT2D eigenvalue weighted by atomic mass is 10.2. The van der Waals surface area contributed by atoms with Crippen LogP contribution in [0.25, 0.3) is 0 Å². The minimum absolute atomic E-state index is 0.0562. The van der Waals surface area contributed by atoms with E-state index in [2.05, 4.69) is 22.5 Å². The third-order valence-corrected chi connectivity index (χ3v) is 4.21. The first-order valence-electron chi connectivity index (χ1n) is 6.10. The number of likely N-dealkylation sites (tertiary alicyclic amines) is 2. The average Bonchev–Trinajstić information content (AvgIpc) is 2.95. The Bertz CT molecular complexity index is 361. The molecule has 0 aromatic carbocycles. The van der Waals surface area contributed by atoms with Gasteiger partial charge in [-0.1, -0.05) is 28.6 Å². The van der Waals surface area contributed by atoms with E-state index in [1.165, 1.54) is 0 Å². The van der Waals surface area contributed by atoms with Gasteiger partial charge < -0.3 is 14.5 Å². The molecule has 5 nitrogen and oxygen atoms in total. The van der Waals surface area contributed by atoms with Gasteiger partial charge in [-0.2, -0.15) is 0 Å². The van der Waals surface area contributed by atoms with Crippen molar-refractivity contribution < 1.29 is 14.3 Å². The van der Waals surface area contributed by atoms with Gasteiger partial charge in [0.05, 0.1) is 10.9 Å². The minimum atomic E-state index is -0.320. The molecule has 2 fully saturated rings. The lowest BCUT2D eigenvalue weighted by Gasteiger charge is -2.24. The van der Waals surface area contributed by atoms with Gasteiger partial charge in [-0.3, -0.25) is 4.79 Å². The monoisotopic (exact) mass is 316 g/mol. The van der Waals surface area contributed by atoms with E-state index in [0.717, 1.165) is 19.4 Å². The number of hydrogen-bond acceptors (Lipinski definition) is 3. The van der Waals surface area contributed by atoms with Gasteiger partial charge in [0.25, 0.3) is 0 Å². The molecule has 2 amide bonds. The van der Waals surface area contributed by atoms with E-state index in [-0.39, 0.29) is 29.5 Å². The van der Waals surface area contributed by atoms with Crippen LogP contribution < -0.4 is 0 Å². The van der Waals surface area contributed by atoms with Gasteiger partial charge >= 0.3 is 6.09 Å². The quantitative estimate of drug-likeness (QED) is 0.584. The third kappa shape index (κ3) is 2.68. The smallest absolute Gasteiger partial charge is 0.410 e. The van der Waals surface area contributed by atoms with E-state index in [4.69, 9.17) is 4.74 Å². The highest BCUT2D eigenvalue weighted by molar-refractivity contribution is 9.10. The third-order valence-electron chi connectivity index (χ3n) is 3.36. The molecule has 0 bridgehead atoms. The number of amides is 2. The second-order valence-corrected chi connectivity index (χ2v) is 5.65. The molecule has 2 aliphatic heterocycles. The predicted octanol–water partition coefficient (Wildman–Crippen LogP) is 1.38. The fourth-order valence-corrected chi connectivity index (χ4v) is 2.88. The zero-order valence-electron chi connectivity index (χ0n) is 10.2. The van der Waals surface area contributed by atoms with Crippen molar-refractivity contribution >= 4 is 27.9 Å². The molecule has 0 aromatic heterocycles. The summed E-state index contributed by atoms with van der Waals surface area (Å²) in [6.07, 6.45) is 2.90. The van der Waals surface area contributed by atoms with Gasteiger partial charge in [-0.25, -0.2) is 4.79 Å². The topological polar surface area (TPSA) is 49.9 Å². The summed E-state index contributed by atoms with van der Waals surface area (Å²) in [6, 6.07) is 0.135. The highest BCUT2D eigenvalue weighted by atomic mass is 79.9. The Balaban J connectivity index is 1.86. The number of carbonyl (C=O) groups is 2. The van der Waals surface area contributed by atoms with Gasteiger partial charge in [0.15, 0.2) is 0 Å². The maximum absolute atomic E-state index is 11.9. The number of alkyl halides is 1. The van der Waals surface area contributed by atoms with Crippen LogP contribution in [0, 0.1) is 0 Å². The van der Waals surface area contributed by atoms with Crippen LogP contribution in [0.3, 0.4) is 0 Å². The zero-order valence-corrected chi connectivity index (χ0v) is 11.8. The van der Waals surface area contributed by atoms with Crippen LogP contribution in [0.2, 0.25) is 0 Å². The maximum atomic E-state index is 11.9. The molecule has 2 heterocycles. The summed E-state index contributed by atoms with van der Waals surface area (Å²) in [4.78, 5) is 27.0. The number of halogens is 1. The van der Waals surface area contributed by atoms with E-state index in [1.807, 2.05) is 4.90 Å². The van der Waals surface area contributed by atoms with Crippen molar-refractivity contribution in [2.45, 2.75) is 23.7 Å². The zero-order chi connectivity index (χ0) is 13.1.